The summed E-state index contributed by atoms with van der Waals surface area (Å²) in [4.78, 5) is 2.12. The molecule has 2 atom stereocenters. The number of benzene rings is 2. The first kappa shape index (κ1) is 15.7. The van der Waals surface area contributed by atoms with Crippen LogP contribution in [0.25, 0.3) is 0 Å². The number of aryl methyl sites for hydroxylation is 1. The Balaban J connectivity index is 2.53. The number of nitrogens with zero attached hydrogens (tertiary/aromatic N) is 1. The van der Waals surface area contributed by atoms with E-state index in [1.165, 1.54) is 5.56 Å². The van der Waals surface area contributed by atoms with Crippen LogP contribution in [-0.2, 0) is 5.60 Å². The van der Waals surface area contributed by atoms with Gasteiger partial charge in [0.1, 0.15) is 5.60 Å². The largest absolute Gasteiger partial charge is 0.380 e. The molecular formula is C19H25NO. The van der Waals surface area contributed by atoms with Crippen LogP contribution in [0, 0.1) is 12.8 Å². The molecule has 2 rings (SSSR count). The first-order valence-corrected chi connectivity index (χ1v) is 7.44. The van der Waals surface area contributed by atoms with E-state index in [0.29, 0.717) is 0 Å². The van der Waals surface area contributed by atoms with Crippen LogP contribution in [-0.4, -0.2) is 30.6 Å². The van der Waals surface area contributed by atoms with E-state index >= 15 is 0 Å². The van der Waals surface area contributed by atoms with Gasteiger partial charge in [-0.15, -0.1) is 0 Å². The predicted octanol–water partition coefficient (Wildman–Crippen LogP) is 3.43. The molecular weight excluding hydrogens is 258 g/mol. The van der Waals surface area contributed by atoms with E-state index < -0.39 is 5.60 Å². The summed E-state index contributed by atoms with van der Waals surface area (Å²) in [7, 11) is 4.08. The Kier molecular flexibility index (Phi) is 4.81. The number of hydrogen-bond donors (Lipinski definition) is 1. The van der Waals surface area contributed by atoms with Crippen LogP contribution < -0.4 is 0 Å². The lowest BCUT2D eigenvalue weighted by molar-refractivity contribution is 0.0134. The van der Waals surface area contributed by atoms with E-state index in [1.807, 2.05) is 56.6 Å². The molecule has 2 heteroatoms. The van der Waals surface area contributed by atoms with Crippen LogP contribution in [0.3, 0.4) is 0 Å². The topological polar surface area (TPSA) is 23.5 Å². The minimum atomic E-state index is -0.975. The Bertz CT molecular complexity index is 579. The lowest BCUT2D eigenvalue weighted by Gasteiger charge is -2.37. The molecule has 1 N–H and O–H groups in total. The average Bonchev–Trinajstić information content (AvgIpc) is 2.46. The molecule has 0 saturated carbocycles. The Morgan fingerprint density at radius 3 is 2.19 bits per heavy atom. The third-order valence-electron chi connectivity index (χ3n) is 4.02. The molecule has 2 unspecified atom stereocenters. The van der Waals surface area contributed by atoms with Crippen molar-refractivity contribution < 1.29 is 5.11 Å². The minimum Gasteiger partial charge on any atom is -0.380 e. The van der Waals surface area contributed by atoms with Crippen LogP contribution >= 0.6 is 0 Å². The molecule has 0 saturated heterocycles. The molecule has 0 spiro atoms. The molecule has 0 fully saturated rings. The summed E-state index contributed by atoms with van der Waals surface area (Å²) in [6.45, 7) is 4.99. The third-order valence-corrected chi connectivity index (χ3v) is 4.02. The van der Waals surface area contributed by atoms with Crippen molar-refractivity contribution in [3.63, 3.8) is 0 Å². The maximum absolute atomic E-state index is 11.6. The highest BCUT2D eigenvalue weighted by Gasteiger charge is 2.37. The second-order valence-electron chi connectivity index (χ2n) is 6.17. The third kappa shape index (κ3) is 3.34. The molecule has 0 amide bonds. The van der Waals surface area contributed by atoms with E-state index in [4.69, 9.17) is 0 Å². The fraction of sp³-hybridized carbons (Fsp3) is 0.368. The Labute approximate surface area is 128 Å². The van der Waals surface area contributed by atoms with E-state index in [1.54, 1.807) is 0 Å². The Hall–Kier alpha value is -1.64. The molecule has 21 heavy (non-hydrogen) atoms. The van der Waals surface area contributed by atoms with Gasteiger partial charge in [-0.1, -0.05) is 67.1 Å². The molecule has 0 radical (unpaired) electrons. The molecule has 2 aromatic carbocycles. The van der Waals surface area contributed by atoms with Gasteiger partial charge in [0.15, 0.2) is 0 Å². The molecule has 0 aliphatic carbocycles. The molecule has 2 aromatic rings. The maximum atomic E-state index is 11.6. The minimum absolute atomic E-state index is 0.0803. The van der Waals surface area contributed by atoms with Crippen molar-refractivity contribution in [2.45, 2.75) is 19.4 Å². The monoisotopic (exact) mass is 283 g/mol. The van der Waals surface area contributed by atoms with Crippen molar-refractivity contribution in [1.82, 2.24) is 4.90 Å². The number of hydrogen-bond acceptors (Lipinski definition) is 2. The molecule has 0 heterocycles. The van der Waals surface area contributed by atoms with Crippen molar-refractivity contribution in [2.75, 3.05) is 20.6 Å². The average molecular weight is 283 g/mol. The van der Waals surface area contributed by atoms with Crippen molar-refractivity contribution in [2.24, 2.45) is 5.92 Å². The van der Waals surface area contributed by atoms with Gasteiger partial charge >= 0.3 is 0 Å². The maximum Gasteiger partial charge on any atom is 0.118 e. The second kappa shape index (κ2) is 6.42. The van der Waals surface area contributed by atoms with Crippen molar-refractivity contribution in [1.29, 1.82) is 0 Å². The van der Waals surface area contributed by atoms with Crippen LogP contribution in [0.2, 0.25) is 0 Å². The van der Waals surface area contributed by atoms with Gasteiger partial charge < -0.3 is 10.0 Å². The fourth-order valence-electron chi connectivity index (χ4n) is 2.99. The highest BCUT2D eigenvalue weighted by molar-refractivity contribution is 5.38. The quantitative estimate of drug-likeness (QED) is 0.909. The van der Waals surface area contributed by atoms with Gasteiger partial charge in [0.25, 0.3) is 0 Å². The van der Waals surface area contributed by atoms with E-state index in [-0.39, 0.29) is 5.92 Å². The van der Waals surface area contributed by atoms with Crippen molar-refractivity contribution >= 4 is 0 Å². The van der Waals surface area contributed by atoms with Gasteiger partial charge in [-0.2, -0.15) is 0 Å². The number of rotatable bonds is 5. The smallest absolute Gasteiger partial charge is 0.118 e. The number of aliphatic hydroxyl groups is 1. The summed E-state index contributed by atoms with van der Waals surface area (Å²) >= 11 is 0. The second-order valence-corrected chi connectivity index (χ2v) is 6.17. The standard InChI is InChI=1S/C19H25NO/c1-15-9-8-12-18(13-15)19(21,16(2)14-20(3)4)17-10-6-5-7-11-17/h5-13,16,21H,14H2,1-4H3. The van der Waals surface area contributed by atoms with Gasteiger partial charge in [0.05, 0.1) is 0 Å². The van der Waals surface area contributed by atoms with Crippen molar-refractivity contribution in [3.8, 4) is 0 Å². The normalized spacial score (nSPS) is 15.7. The summed E-state index contributed by atoms with van der Waals surface area (Å²) in [5.74, 6) is 0.0803. The Morgan fingerprint density at radius 2 is 1.62 bits per heavy atom. The first-order valence-electron chi connectivity index (χ1n) is 7.44. The lowest BCUT2D eigenvalue weighted by Crippen LogP contribution is -2.40. The molecule has 112 valence electrons. The van der Waals surface area contributed by atoms with Gasteiger partial charge in [-0.05, 0) is 32.1 Å². The van der Waals surface area contributed by atoms with E-state index in [2.05, 4.69) is 30.9 Å². The van der Waals surface area contributed by atoms with Crippen LogP contribution in [0.15, 0.2) is 54.6 Å². The zero-order valence-corrected chi connectivity index (χ0v) is 13.4. The molecule has 2 nitrogen and oxygen atoms in total. The predicted molar refractivity (Wildman–Crippen MR) is 88.3 cm³/mol. The molecule has 0 aromatic heterocycles. The first-order chi connectivity index (χ1) is 9.94. The highest BCUT2D eigenvalue weighted by atomic mass is 16.3. The van der Waals surface area contributed by atoms with E-state index in [0.717, 1.165) is 17.7 Å². The molecule has 0 aliphatic rings. The molecule has 0 bridgehead atoms. The fourth-order valence-corrected chi connectivity index (χ4v) is 2.99. The Morgan fingerprint density at radius 1 is 1.00 bits per heavy atom. The summed E-state index contributed by atoms with van der Waals surface area (Å²) in [5.41, 5.74) is 2.10. The zero-order chi connectivity index (χ0) is 15.5. The summed E-state index contributed by atoms with van der Waals surface area (Å²) in [6.07, 6.45) is 0. The summed E-state index contributed by atoms with van der Waals surface area (Å²) in [5, 5.41) is 11.6. The highest BCUT2D eigenvalue weighted by Crippen LogP contribution is 2.37. The van der Waals surface area contributed by atoms with Gasteiger partial charge in [0, 0.05) is 12.5 Å². The van der Waals surface area contributed by atoms with Crippen LogP contribution in [0.5, 0.6) is 0 Å². The van der Waals surface area contributed by atoms with Gasteiger partial charge in [-0.25, -0.2) is 0 Å². The summed E-state index contributed by atoms with van der Waals surface area (Å²) < 4.78 is 0. The van der Waals surface area contributed by atoms with E-state index in [9.17, 15) is 5.11 Å². The van der Waals surface area contributed by atoms with Gasteiger partial charge in [-0.3, -0.25) is 0 Å². The molecule has 0 aliphatic heterocycles. The van der Waals surface area contributed by atoms with Crippen LogP contribution in [0.4, 0.5) is 0 Å². The van der Waals surface area contributed by atoms with Crippen LogP contribution in [0.1, 0.15) is 23.6 Å². The van der Waals surface area contributed by atoms with Gasteiger partial charge in [0.2, 0.25) is 0 Å². The SMILES string of the molecule is Cc1cccc(C(O)(c2ccccc2)C(C)CN(C)C)c1. The summed E-state index contributed by atoms with van der Waals surface area (Å²) in [6, 6.07) is 18.1. The lowest BCUT2D eigenvalue weighted by atomic mass is 9.76. The van der Waals surface area contributed by atoms with Crippen molar-refractivity contribution in [3.05, 3.63) is 71.3 Å². The zero-order valence-electron chi connectivity index (χ0n) is 13.4.